The van der Waals surface area contributed by atoms with Crippen molar-refractivity contribution in [3.05, 3.63) is 42.5 Å². The predicted octanol–water partition coefficient (Wildman–Crippen LogP) is 3.18. The van der Waals surface area contributed by atoms with Gasteiger partial charge in [-0.3, -0.25) is 9.52 Å². The Morgan fingerprint density at radius 1 is 1.12 bits per heavy atom. The number of amides is 1. The molecule has 2 aromatic carbocycles. The van der Waals surface area contributed by atoms with Gasteiger partial charge in [0.15, 0.2) is 0 Å². The number of sulfonamides is 1. The molecule has 0 heterocycles. The van der Waals surface area contributed by atoms with Gasteiger partial charge in [0.05, 0.1) is 17.7 Å². The first kappa shape index (κ1) is 18.2. The lowest BCUT2D eigenvalue weighted by atomic mass is 10.3. The summed E-state index contributed by atoms with van der Waals surface area (Å²) in [5.41, 5.74) is 0.881. The number of anilines is 2. The van der Waals surface area contributed by atoms with Crippen LogP contribution in [0.5, 0.6) is 5.75 Å². The minimum Gasteiger partial charge on any atom is -0.495 e. The fraction of sp³-hybridized carbons (Fsp3) is 0.188. The normalized spacial score (nSPS) is 11.0. The van der Waals surface area contributed by atoms with Crippen LogP contribution < -0.4 is 14.8 Å². The fourth-order valence-corrected chi connectivity index (χ4v) is 3.49. The molecule has 0 bridgehead atoms. The molecular formula is C16H18N2O4S2. The summed E-state index contributed by atoms with van der Waals surface area (Å²) in [6, 6.07) is 11.3. The lowest BCUT2D eigenvalue weighted by Crippen LogP contribution is -2.14. The van der Waals surface area contributed by atoms with E-state index >= 15 is 0 Å². The zero-order valence-electron chi connectivity index (χ0n) is 13.5. The summed E-state index contributed by atoms with van der Waals surface area (Å²) in [5.74, 6) is 0.00159. The van der Waals surface area contributed by atoms with Crippen molar-refractivity contribution in [2.24, 2.45) is 0 Å². The van der Waals surface area contributed by atoms with Gasteiger partial charge in [0.2, 0.25) is 5.91 Å². The summed E-state index contributed by atoms with van der Waals surface area (Å²) in [6.45, 7) is 1.36. The molecule has 0 aromatic heterocycles. The van der Waals surface area contributed by atoms with Crippen molar-refractivity contribution in [3.63, 3.8) is 0 Å². The quantitative estimate of drug-likeness (QED) is 0.767. The second kappa shape index (κ2) is 7.59. The zero-order valence-corrected chi connectivity index (χ0v) is 15.1. The average Bonchev–Trinajstić information content (AvgIpc) is 2.55. The van der Waals surface area contributed by atoms with Crippen LogP contribution in [0.2, 0.25) is 0 Å². The summed E-state index contributed by atoms with van der Waals surface area (Å²) in [6.07, 6.45) is 1.95. The van der Waals surface area contributed by atoms with E-state index in [-0.39, 0.29) is 16.6 Å². The first-order valence-electron chi connectivity index (χ1n) is 6.98. The van der Waals surface area contributed by atoms with Gasteiger partial charge in [0.25, 0.3) is 10.0 Å². The van der Waals surface area contributed by atoms with Gasteiger partial charge in [-0.25, -0.2) is 8.42 Å². The van der Waals surface area contributed by atoms with Crippen LogP contribution in [0.25, 0.3) is 0 Å². The number of carbonyl (C=O) groups excluding carboxylic acids is 1. The maximum Gasteiger partial charge on any atom is 0.262 e. The van der Waals surface area contributed by atoms with Crippen LogP contribution in [0, 0.1) is 0 Å². The third-order valence-electron chi connectivity index (χ3n) is 3.14. The number of ether oxygens (including phenoxy) is 1. The van der Waals surface area contributed by atoms with E-state index in [1.807, 2.05) is 18.4 Å². The summed E-state index contributed by atoms with van der Waals surface area (Å²) >= 11 is 1.57. The number of carbonyl (C=O) groups is 1. The molecule has 24 heavy (non-hydrogen) atoms. The summed E-state index contributed by atoms with van der Waals surface area (Å²) in [7, 11) is -2.35. The Hall–Kier alpha value is -2.19. The van der Waals surface area contributed by atoms with Crippen LogP contribution in [0.1, 0.15) is 6.92 Å². The maximum atomic E-state index is 12.5. The molecule has 0 aliphatic carbocycles. The summed E-state index contributed by atoms with van der Waals surface area (Å²) < 4.78 is 32.7. The molecule has 128 valence electrons. The van der Waals surface area contributed by atoms with Crippen molar-refractivity contribution < 1.29 is 17.9 Å². The first-order valence-corrected chi connectivity index (χ1v) is 9.69. The lowest BCUT2D eigenvalue weighted by Gasteiger charge is -2.12. The van der Waals surface area contributed by atoms with E-state index in [1.165, 1.54) is 32.2 Å². The van der Waals surface area contributed by atoms with Crippen LogP contribution in [0.4, 0.5) is 11.4 Å². The smallest absolute Gasteiger partial charge is 0.262 e. The lowest BCUT2D eigenvalue weighted by molar-refractivity contribution is -0.114. The Balaban J connectivity index is 2.29. The Kier molecular flexibility index (Phi) is 5.74. The minimum atomic E-state index is -3.76. The molecule has 2 aromatic rings. The summed E-state index contributed by atoms with van der Waals surface area (Å²) in [5, 5.41) is 2.58. The van der Waals surface area contributed by atoms with Crippen molar-refractivity contribution in [3.8, 4) is 5.75 Å². The molecule has 6 nitrogen and oxygen atoms in total. The minimum absolute atomic E-state index is 0.0439. The second-order valence-electron chi connectivity index (χ2n) is 4.88. The number of methoxy groups -OCH3 is 1. The Bertz CT molecular complexity index is 834. The molecular weight excluding hydrogens is 348 g/mol. The molecule has 2 rings (SSSR count). The third kappa shape index (κ3) is 4.42. The van der Waals surface area contributed by atoms with E-state index in [4.69, 9.17) is 4.74 Å². The van der Waals surface area contributed by atoms with Gasteiger partial charge < -0.3 is 10.1 Å². The molecule has 0 atom stereocenters. The van der Waals surface area contributed by atoms with E-state index in [2.05, 4.69) is 10.0 Å². The molecule has 0 fully saturated rings. The largest absolute Gasteiger partial charge is 0.495 e. The highest BCUT2D eigenvalue weighted by Gasteiger charge is 2.17. The van der Waals surface area contributed by atoms with Gasteiger partial charge in [-0.2, -0.15) is 0 Å². The highest BCUT2D eigenvalue weighted by Crippen LogP contribution is 2.28. The average molecular weight is 366 g/mol. The van der Waals surface area contributed by atoms with Gasteiger partial charge in [-0.05, 0) is 42.7 Å². The topological polar surface area (TPSA) is 84.5 Å². The van der Waals surface area contributed by atoms with Gasteiger partial charge in [-0.1, -0.05) is 0 Å². The molecule has 1 amide bonds. The maximum absolute atomic E-state index is 12.5. The molecule has 0 aliphatic rings. The van der Waals surface area contributed by atoms with Crippen molar-refractivity contribution in [2.75, 3.05) is 23.4 Å². The van der Waals surface area contributed by atoms with E-state index < -0.39 is 10.0 Å². The standard InChI is InChI=1S/C16H18N2O4S2/c1-11(19)17-15-9-8-14(10-16(15)22-2)24(20,21)18-12-4-6-13(23-3)7-5-12/h4-10,18H,1-3H3,(H,17,19). The number of hydrogen-bond acceptors (Lipinski definition) is 5. The molecule has 0 saturated carbocycles. The molecule has 2 N–H and O–H groups in total. The highest BCUT2D eigenvalue weighted by atomic mass is 32.2. The molecule has 8 heteroatoms. The fourth-order valence-electron chi connectivity index (χ4n) is 2.00. The van der Waals surface area contributed by atoms with E-state index in [1.54, 1.807) is 23.9 Å². The number of thioether (sulfide) groups is 1. The zero-order chi connectivity index (χ0) is 17.7. The van der Waals surface area contributed by atoms with Crippen molar-refractivity contribution >= 4 is 39.1 Å². The molecule has 0 spiro atoms. The number of nitrogens with one attached hydrogen (secondary N) is 2. The monoisotopic (exact) mass is 366 g/mol. The van der Waals surface area contributed by atoms with Gasteiger partial charge >= 0.3 is 0 Å². The van der Waals surface area contributed by atoms with Gasteiger partial charge in [-0.15, -0.1) is 11.8 Å². The second-order valence-corrected chi connectivity index (χ2v) is 7.44. The van der Waals surface area contributed by atoms with Crippen LogP contribution in [0.15, 0.2) is 52.3 Å². The Labute approximate surface area is 145 Å². The number of rotatable bonds is 6. The van der Waals surface area contributed by atoms with E-state index in [0.29, 0.717) is 11.4 Å². The molecule has 0 saturated heterocycles. The van der Waals surface area contributed by atoms with Crippen LogP contribution in [-0.4, -0.2) is 27.7 Å². The molecule has 0 unspecified atom stereocenters. The first-order chi connectivity index (χ1) is 11.4. The van der Waals surface area contributed by atoms with E-state index in [0.717, 1.165) is 4.90 Å². The Morgan fingerprint density at radius 2 is 1.79 bits per heavy atom. The Morgan fingerprint density at radius 3 is 2.33 bits per heavy atom. The van der Waals surface area contributed by atoms with Crippen molar-refractivity contribution in [1.29, 1.82) is 0 Å². The molecule has 0 aliphatic heterocycles. The van der Waals surface area contributed by atoms with Gasteiger partial charge in [0.1, 0.15) is 5.75 Å². The highest BCUT2D eigenvalue weighted by molar-refractivity contribution is 7.98. The number of hydrogen-bond donors (Lipinski definition) is 2. The van der Waals surface area contributed by atoms with Crippen molar-refractivity contribution in [2.45, 2.75) is 16.7 Å². The molecule has 0 radical (unpaired) electrons. The van der Waals surface area contributed by atoms with Crippen LogP contribution in [0.3, 0.4) is 0 Å². The van der Waals surface area contributed by atoms with Crippen LogP contribution in [-0.2, 0) is 14.8 Å². The SMILES string of the molecule is COc1cc(S(=O)(=O)Nc2ccc(SC)cc2)ccc1NC(C)=O. The predicted molar refractivity (Wildman–Crippen MR) is 96.3 cm³/mol. The van der Waals surface area contributed by atoms with Crippen LogP contribution >= 0.6 is 11.8 Å². The third-order valence-corrected chi connectivity index (χ3v) is 5.26. The van der Waals surface area contributed by atoms with Gasteiger partial charge in [0, 0.05) is 23.6 Å². The van der Waals surface area contributed by atoms with E-state index in [9.17, 15) is 13.2 Å². The van der Waals surface area contributed by atoms with Crippen molar-refractivity contribution in [1.82, 2.24) is 0 Å². The summed E-state index contributed by atoms with van der Waals surface area (Å²) in [4.78, 5) is 12.2. The number of benzene rings is 2.